The number of nitrogens with two attached hydrogens (primary N) is 2. The van der Waals surface area contributed by atoms with Crippen molar-refractivity contribution in [1.82, 2.24) is 15.5 Å². The molecule has 6 N–H and O–H groups in total. The van der Waals surface area contributed by atoms with Crippen LogP contribution in [0.2, 0.25) is 0 Å². The Kier molecular flexibility index (Phi) is 17.6. The molecule has 0 spiro atoms. The first kappa shape index (κ1) is 36.4. The fraction of sp³-hybridized carbons (Fsp3) is 0.567. The van der Waals surface area contributed by atoms with E-state index in [1.165, 1.54) is 12.0 Å². The van der Waals surface area contributed by atoms with Crippen molar-refractivity contribution in [2.24, 2.45) is 21.7 Å². The van der Waals surface area contributed by atoms with Crippen molar-refractivity contribution in [2.45, 2.75) is 71.5 Å². The molecule has 1 heterocycles. The number of hydrogen-bond acceptors (Lipinski definition) is 9. The van der Waals surface area contributed by atoms with Gasteiger partial charge in [-0.1, -0.05) is 30.4 Å². The summed E-state index contributed by atoms with van der Waals surface area (Å²) in [5, 5.41) is 14.3. The Morgan fingerprint density at radius 3 is 2.50 bits per heavy atom. The summed E-state index contributed by atoms with van der Waals surface area (Å²) < 4.78 is 11.3. The summed E-state index contributed by atoms with van der Waals surface area (Å²) in [6.07, 6.45) is 17.0. The Balaban J connectivity index is 0.00000281. The summed E-state index contributed by atoms with van der Waals surface area (Å²) in [6.45, 7) is 9.64. The highest BCUT2D eigenvalue weighted by molar-refractivity contribution is 5.96. The smallest absolute Gasteiger partial charge is 0.410 e. The molecule has 0 radical (unpaired) electrons. The number of carbonyl (C=O) groups is 3. The zero-order valence-corrected chi connectivity index (χ0v) is 25.7. The third kappa shape index (κ3) is 14.9. The molecular formula is C30H49N7O5. The fourth-order valence-corrected chi connectivity index (χ4v) is 3.77. The van der Waals surface area contributed by atoms with Crippen molar-refractivity contribution in [3.8, 4) is 0 Å². The lowest BCUT2D eigenvalue weighted by Gasteiger charge is -2.26. The van der Waals surface area contributed by atoms with E-state index in [1.54, 1.807) is 25.8 Å². The van der Waals surface area contributed by atoms with Crippen LogP contribution in [0.3, 0.4) is 0 Å². The van der Waals surface area contributed by atoms with Gasteiger partial charge in [-0.15, -0.1) is 0 Å². The maximum absolute atomic E-state index is 12.7. The van der Waals surface area contributed by atoms with Gasteiger partial charge in [0.05, 0.1) is 30.7 Å². The second kappa shape index (κ2) is 20.3. The fourth-order valence-electron chi connectivity index (χ4n) is 3.77. The second-order valence-electron chi connectivity index (χ2n) is 10.4. The molecule has 12 nitrogen and oxygen atoms in total. The summed E-state index contributed by atoms with van der Waals surface area (Å²) >= 11 is 0. The molecule has 0 bridgehead atoms. The highest BCUT2D eigenvalue weighted by Gasteiger charge is 2.29. The zero-order valence-electron chi connectivity index (χ0n) is 25.7. The molecule has 1 saturated heterocycles. The molecule has 1 aliphatic carbocycles. The van der Waals surface area contributed by atoms with Crippen molar-refractivity contribution >= 4 is 29.8 Å². The van der Waals surface area contributed by atoms with Gasteiger partial charge in [-0.2, -0.15) is 10.2 Å². The number of hydrogen-bond donors (Lipinski definition) is 4. The average molecular weight is 588 g/mol. The molecule has 234 valence electrons. The van der Waals surface area contributed by atoms with Gasteiger partial charge in [-0.05, 0) is 84.1 Å². The maximum atomic E-state index is 12.7. The number of likely N-dealkylation sites (tertiary alicyclic amines) is 1. The largest absolute Gasteiger partial charge is 0.445 e. The van der Waals surface area contributed by atoms with Crippen LogP contribution < -0.4 is 22.1 Å². The van der Waals surface area contributed by atoms with Gasteiger partial charge in [0.2, 0.25) is 6.41 Å². The Hall–Kier alpha value is -3.61. The number of carbonyl (C=O) groups excluding carboxylic acids is 3. The van der Waals surface area contributed by atoms with Crippen molar-refractivity contribution in [3.05, 3.63) is 47.6 Å². The van der Waals surface area contributed by atoms with Gasteiger partial charge in [0.1, 0.15) is 12.3 Å². The molecule has 0 saturated carbocycles. The predicted octanol–water partition coefficient (Wildman–Crippen LogP) is 2.72. The summed E-state index contributed by atoms with van der Waals surface area (Å²) in [6, 6.07) is -0.495. The van der Waals surface area contributed by atoms with Crippen LogP contribution in [-0.4, -0.2) is 86.4 Å². The van der Waals surface area contributed by atoms with Gasteiger partial charge >= 0.3 is 6.09 Å². The van der Waals surface area contributed by atoms with Crippen molar-refractivity contribution < 1.29 is 23.9 Å². The molecule has 2 aliphatic rings. The van der Waals surface area contributed by atoms with Crippen LogP contribution in [0.1, 0.15) is 59.8 Å². The highest BCUT2D eigenvalue weighted by Crippen LogP contribution is 2.12. The van der Waals surface area contributed by atoms with Crippen LogP contribution in [0.4, 0.5) is 4.79 Å². The van der Waals surface area contributed by atoms with Gasteiger partial charge in [0.25, 0.3) is 5.91 Å². The standard InChI is InChI=1S/C29H46N6O4.CH3NO/c1-22(19-39-28(37)35-17-10-7-11-18-35)13-12-14-23(2)33-34-24(3)26(32-27(36)29(4,30)31-5)21-38-20-25-15-8-6-9-16-25;2-1-3/h6,8,12-15,26,31H,7,9-11,16-21,30H2,1-5H3,(H,32,36);1H,(H2,2,3)/b14-12-,22-13+,33-23+,34-24+;. The number of amides is 3. The van der Waals surface area contributed by atoms with Crippen LogP contribution in [0.5, 0.6) is 0 Å². The Morgan fingerprint density at radius 1 is 1.19 bits per heavy atom. The van der Waals surface area contributed by atoms with Crippen LogP contribution in [0, 0.1) is 0 Å². The number of rotatable bonds is 13. The molecule has 42 heavy (non-hydrogen) atoms. The summed E-state index contributed by atoms with van der Waals surface area (Å²) in [5.74, 6) is -0.366. The van der Waals surface area contributed by atoms with Crippen molar-refractivity contribution in [1.29, 1.82) is 0 Å². The predicted molar refractivity (Wildman–Crippen MR) is 167 cm³/mol. The lowest BCUT2D eigenvalue weighted by molar-refractivity contribution is -0.127. The minimum atomic E-state index is -1.23. The lowest BCUT2D eigenvalue weighted by Crippen LogP contribution is -2.63. The van der Waals surface area contributed by atoms with Gasteiger partial charge in [-0.25, -0.2) is 4.79 Å². The van der Waals surface area contributed by atoms with E-state index >= 15 is 0 Å². The summed E-state index contributed by atoms with van der Waals surface area (Å²) in [7, 11) is 1.63. The Morgan fingerprint density at radius 2 is 1.88 bits per heavy atom. The number of ether oxygens (including phenoxy) is 2. The summed E-state index contributed by atoms with van der Waals surface area (Å²) in [4.78, 5) is 35.2. The first-order chi connectivity index (χ1) is 20.0. The SMILES string of the molecule is CNC(C)(N)C(=O)NC(COCC1=CC=CCC1)/C(C)=N/N=C(C)/C=C\C=C(/C)COC(=O)N1CCCCC1.NC=O. The zero-order chi connectivity index (χ0) is 31.4. The topological polar surface area (TPSA) is 174 Å². The third-order valence-electron chi connectivity index (χ3n) is 6.59. The van der Waals surface area contributed by atoms with Crippen molar-refractivity contribution in [2.75, 3.05) is 40.0 Å². The van der Waals surface area contributed by atoms with E-state index in [9.17, 15) is 9.59 Å². The molecule has 0 aromatic carbocycles. The first-order valence-electron chi connectivity index (χ1n) is 14.2. The number of allylic oxidation sites excluding steroid dienone is 6. The molecular weight excluding hydrogens is 538 g/mol. The molecule has 12 heteroatoms. The van der Waals surface area contributed by atoms with E-state index in [-0.39, 0.29) is 31.6 Å². The van der Waals surface area contributed by atoms with E-state index in [2.05, 4.69) is 38.7 Å². The lowest BCUT2D eigenvalue weighted by atomic mass is 10.1. The molecule has 2 rings (SSSR count). The van der Waals surface area contributed by atoms with E-state index in [4.69, 9.17) is 20.0 Å². The monoisotopic (exact) mass is 587 g/mol. The number of nitrogens with zero attached hydrogens (tertiary/aromatic N) is 3. The van der Waals surface area contributed by atoms with Crippen LogP contribution in [0.25, 0.3) is 0 Å². The second-order valence-corrected chi connectivity index (χ2v) is 10.4. The highest BCUT2D eigenvalue weighted by atomic mass is 16.6. The van der Waals surface area contributed by atoms with E-state index in [0.717, 1.165) is 44.3 Å². The normalized spacial score (nSPS) is 18.4. The van der Waals surface area contributed by atoms with Crippen LogP contribution in [0.15, 0.2) is 57.8 Å². The van der Waals surface area contributed by atoms with Gasteiger partial charge in [0, 0.05) is 13.1 Å². The summed E-state index contributed by atoms with van der Waals surface area (Å²) in [5.41, 5.74) is 12.4. The van der Waals surface area contributed by atoms with E-state index in [1.807, 2.05) is 38.2 Å². The quantitative estimate of drug-likeness (QED) is 0.0842. The Labute approximate surface area is 250 Å². The van der Waals surface area contributed by atoms with Gasteiger partial charge < -0.3 is 31.2 Å². The molecule has 0 aromatic heterocycles. The molecule has 2 unspecified atom stereocenters. The number of nitrogens with one attached hydrogen (secondary N) is 2. The van der Waals surface area contributed by atoms with Gasteiger partial charge in [0.15, 0.2) is 0 Å². The molecule has 3 amide bonds. The number of primary amides is 1. The maximum Gasteiger partial charge on any atom is 0.410 e. The Bertz CT molecular complexity index is 1050. The molecule has 1 aliphatic heterocycles. The molecule has 0 aromatic rings. The minimum Gasteiger partial charge on any atom is -0.445 e. The first-order valence-corrected chi connectivity index (χ1v) is 14.2. The van der Waals surface area contributed by atoms with Crippen LogP contribution >= 0.6 is 0 Å². The van der Waals surface area contributed by atoms with E-state index in [0.29, 0.717) is 18.0 Å². The van der Waals surface area contributed by atoms with Gasteiger partial charge in [-0.3, -0.25) is 14.9 Å². The molecule has 1 fully saturated rings. The third-order valence-corrected chi connectivity index (χ3v) is 6.59. The molecule has 2 atom stereocenters. The number of likely N-dealkylation sites (N-methyl/N-ethyl adjacent to an activating group) is 1. The average Bonchev–Trinajstić information content (AvgIpc) is 2.99. The minimum absolute atomic E-state index is 0.240. The van der Waals surface area contributed by atoms with E-state index < -0.39 is 11.7 Å². The number of piperidine rings is 1. The van der Waals surface area contributed by atoms with Crippen molar-refractivity contribution in [3.63, 3.8) is 0 Å². The van der Waals surface area contributed by atoms with Crippen LogP contribution in [-0.2, 0) is 19.1 Å².